The molecule has 0 bridgehead atoms. The predicted octanol–water partition coefficient (Wildman–Crippen LogP) is -0.531. The molecule has 1 aromatic rings. The summed E-state index contributed by atoms with van der Waals surface area (Å²) in [7, 11) is -4.17. The molecule has 0 saturated carbocycles. The molecule has 3 N–H and O–H groups in total. The quantitative estimate of drug-likeness (QED) is 0.725. The highest BCUT2D eigenvalue weighted by Gasteiger charge is 2.23. The largest absolute Gasteiger partial charge is 0.396 e. The van der Waals surface area contributed by atoms with E-state index < -0.39 is 15.1 Å². The third kappa shape index (κ3) is 2.51. The van der Waals surface area contributed by atoms with Crippen molar-refractivity contribution in [2.45, 2.75) is 11.4 Å². The van der Waals surface area contributed by atoms with Crippen LogP contribution >= 0.6 is 0 Å². The molecule has 0 spiro atoms. The van der Waals surface area contributed by atoms with E-state index in [2.05, 4.69) is 4.98 Å². The molecule has 0 aromatic carbocycles. The summed E-state index contributed by atoms with van der Waals surface area (Å²) in [5.74, 6) is 0. The van der Waals surface area contributed by atoms with Gasteiger partial charge in [0.15, 0.2) is 5.03 Å². The highest BCUT2D eigenvalue weighted by atomic mass is 32.2. The molecule has 0 radical (unpaired) electrons. The van der Waals surface area contributed by atoms with Gasteiger partial charge in [-0.3, -0.25) is 4.79 Å². The SMILES string of the molecule is NC(=O)S(=O)(=O)c1cc(CCO)ccn1. The number of rotatable bonds is 3. The molecule has 1 amide bonds. The lowest BCUT2D eigenvalue weighted by molar-refractivity contribution is 0.265. The Kier molecular flexibility index (Phi) is 3.38. The standard InChI is InChI=1S/C8H10N2O4S/c9-8(12)15(13,14)7-5-6(2-4-11)1-3-10-7/h1,3,5,11H,2,4H2,(H2,9,12). The van der Waals surface area contributed by atoms with Crippen LogP contribution in [0.1, 0.15) is 5.56 Å². The molecule has 1 heterocycles. The Hall–Kier alpha value is -1.47. The van der Waals surface area contributed by atoms with Crippen molar-refractivity contribution in [3.63, 3.8) is 0 Å². The zero-order valence-corrected chi connectivity index (χ0v) is 8.57. The summed E-state index contributed by atoms with van der Waals surface area (Å²) in [6, 6.07) is 2.77. The molecule has 6 nitrogen and oxygen atoms in total. The number of hydrogen-bond acceptors (Lipinski definition) is 5. The van der Waals surface area contributed by atoms with Crippen molar-refractivity contribution in [2.75, 3.05) is 6.61 Å². The molecule has 0 fully saturated rings. The maximum absolute atomic E-state index is 11.3. The molecular weight excluding hydrogens is 220 g/mol. The predicted molar refractivity (Wildman–Crippen MR) is 51.8 cm³/mol. The van der Waals surface area contributed by atoms with Crippen LogP contribution in [0.25, 0.3) is 0 Å². The number of nitrogens with zero attached hydrogens (tertiary/aromatic N) is 1. The van der Waals surface area contributed by atoms with Gasteiger partial charge in [0.2, 0.25) is 0 Å². The Morgan fingerprint density at radius 1 is 1.53 bits per heavy atom. The number of hydrogen-bond donors (Lipinski definition) is 2. The molecule has 0 aliphatic heterocycles. The van der Waals surface area contributed by atoms with E-state index in [4.69, 9.17) is 10.8 Å². The summed E-state index contributed by atoms with van der Waals surface area (Å²) in [4.78, 5) is 14.2. The Labute approximate surface area is 86.7 Å². The zero-order valence-electron chi connectivity index (χ0n) is 7.75. The first-order chi connectivity index (χ1) is 6.98. The average molecular weight is 230 g/mol. The first kappa shape index (κ1) is 11.6. The maximum Gasteiger partial charge on any atom is 0.340 e. The Morgan fingerprint density at radius 3 is 2.73 bits per heavy atom. The van der Waals surface area contributed by atoms with Crippen molar-refractivity contribution in [3.05, 3.63) is 23.9 Å². The van der Waals surface area contributed by atoms with Gasteiger partial charge in [-0.25, -0.2) is 13.4 Å². The first-order valence-corrected chi connectivity index (χ1v) is 5.57. The molecule has 1 rings (SSSR count). The molecule has 82 valence electrons. The molecule has 1 aromatic heterocycles. The van der Waals surface area contributed by atoms with Crippen molar-refractivity contribution in [3.8, 4) is 0 Å². The number of pyridine rings is 1. The molecule has 0 unspecified atom stereocenters. The number of sulfone groups is 1. The van der Waals surface area contributed by atoms with Crippen LogP contribution in [-0.4, -0.2) is 30.4 Å². The van der Waals surface area contributed by atoms with E-state index in [9.17, 15) is 13.2 Å². The molecule has 0 atom stereocenters. The maximum atomic E-state index is 11.3. The van der Waals surface area contributed by atoms with E-state index >= 15 is 0 Å². The summed E-state index contributed by atoms with van der Waals surface area (Å²) < 4.78 is 22.6. The number of aliphatic hydroxyl groups is 1. The monoisotopic (exact) mass is 230 g/mol. The van der Waals surface area contributed by atoms with Gasteiger partial charge in [0.1, 0.15) is 0 Å². The van der Waals surface area contributed by atoms with Gasteiger partial charge in [-0.1, -0.05) is 0 Å². The third-order valence-electron chi connectivity index (χ3n) is 1.74. The number of primary amides is 1. The fraction of sp³-hybridized carbons (Fsp3) is 0.250. The van der Waals surface area contributed by atoms with E-state index in [1.165, 1.54) is 12.3 Å². The van der Waals surface area contributed by atoms with Crippen LogP contribution in [0.5, 0.6) is 0 Å². The van der Waals surface area contributed by atoms with E-state index in [0.717, 1.165) is 0 Å². The number of carbonyl (C=O) groups excluding carboxylic acids is 1. The fourth-order valence-corrected chi connectivity index (χ4v) is 1.70. The number of carbonyl (C=O) groups is 1. The van der Waals surface area contributed by atoms with Gasteiger partial charge in [-0.05, 0) is 24.1 Å². The topological polar surface area (TPSA) is 110 Å². The van der Waals surface area contributed by atoms with Crippen molar-refractivity contribution in [1.82, 2.24) is 4.98 Å². The Bertz CT molecular complexity index is 469. The summed E-state index contributed by atoms with van der Waals surface area (Å²) >= 11 is 0. The van der Waals surface area contributed by atoms with Crippen LogP contribution in [-0.2, 0) is 16.3 Å². The van der Waals surface area contributed by atoms with E-state index in [0.29, 0.717) is 12.0 Å². The highest BCUT2D eigenvalue weighted by molar-refractivity contribution is 8.05. The van der Waals surface area contributed by atoms with Gasteiger partial charge in [-0.15, -0.1) is 0 Å². The first-order valence-electron chi connectivity index (χ1n) is 4.09. The zero-order chi connectivity index (χ0) is 11.5. The number of nitrogens with two attached hydrogens (primary N) is 1. The molecule has 0 saturated heterocycles. The van der Waals surface area contributed by atoms with E-state index in [-0.39, 0.29) is 11.6 Å². The van der Waals surface area contributed by atoms with Gasteiger partial charge in [0.05, 0.1) is 0 Å². The fourth-order valence-electron chi connectivity index (χ4n) is 0.985. The molecule has 15 heavy (non-hydrogen) atoms. The Balaban J connectivity index is 3.16. The molecule has 0 aliphatic rings. The lowest BCUT2D eigenvalue weighted by atomic mass is 10.2. The second-order valence-electron chi connectivity index (χ2n) is 2.80. The third-order valence-corrected chi connectivity index (χ3v) is 3.04. The lowest BCUT2D eigenvalue weighted by Gasteiger charge is -2.01. The van der Waals surface area contributed by atoms with E-state index in [1.54, 1.807) is 6.07 Å². The van der Waals surface area contributed by atoms with Crippen molar-refractivity contribution in [2.24, 2.45) is 5.73 Å². The smallest absolute Gasteiger partial charge is 0.340 e. The minimum Gasteiger partial charge on any atom is -0.396 e. The lowest BCUT2D eigenvalue weighted by Crippen LogP contribution is -2.22. The van der Waals surface area contributed by atoms with Crippen LogP contribution in [0.2, 0.25) is 0 Å². The van der Waals surface area contributed by atoms with Gasteiger partial charge >= 0.3 is 5.24 Å². The van der Waals surface area contributed by atoms with Crippen molar-refractivity contribution in [1.29, 1.82) is 0 Å². The normalized spacial score (nSPS) is 11.3. The summed E-state index contributed by atoms with van der Waals surface area (Å²) in [5, 5.41) is 6.84. The summed E-state index contributed by atoms with van der Waals surface area (Å²) in [5.41, 5.74) is 5.29. The second kappa shape index (κ2) is 4.37. The van der Waals surface area contributed by atoms with Crippen LogP contribution < -0.4 is 5.73 Å². The highest BCUT2D eigenvalue weighted by Crippen LogP contribution is 2.10. The molecule has 0 aliphatic carbocycles. The molecule has 7 heteroatoms. The van der Waals surface area contributed by atoms with Gasteiger partial charge in [0.25, 0.3) is 9.84 Å². The van der Waals surface area contributed by atoms with Crippen LogP contribution in [0.3, 0.4) is 0 Å². The van der Waals surface area contributed by atoms with Gasteiger partial charge in [0, 0.05) is 12.8 Å². The summed E-state index contributed by atoms with van der Waals surface area (Å²) in [6.45, 7) is -0.111. The van der Waals surface area contributed by atoms with Crippen LogP contribution in [0.15, 0.2) is 23.4 Å². The summed E-state index contributed by atoms with van der Waals surface area (Å²) in [6.07, 6.45) is 1.55. The minimum atomic E-state index is -4.17. The number of aliphatic hydroxyl groups excluding tert-OH is 1. The number of aromatic nitrogens is 1. The van der Waals surface area contributed by atoms with Crippen LogP contribution in [0, 0.1) is 0 Å². The average Bonchev–Trinajstić information content (AvgIpc) is 2.18. The van der Waals surface area contributed by atoms with Crippen molar-refractivity contribution < 1.29 is 18.3 Å². The Morgan fingerprint density at radius 2 is 2.20 bits per heavy atom. The van der Waals surface area contributed by atoms with Gasteiger partial charge in [-0.2, -0.15) is 0 Å². The van der Waals surface area contributed by atoms with Crippen molar-refractivity contribution >= 4 is 15.1 Å². The van der Waals surface area contributed by atoms with Crippen LogP contribution in [0.4, 0.5) is 4.79 Å². The second-order valence-corrected chi connectivity index (χ2v) is 4.63. The number of amides is 1. The van der Waals surface area contributed by atoms with E-state index in [1.807, 2.05) is 0 Å². The minimum absolute atomic E-state index is 0.111. The van der Waals surface area contributed by atoms with Gasteiger partial charge < -0.3 is 10.8 Å². The molecular formula is C8H10N2O4S.